The Morgan fingerprint density at radius 1 is 1.29 bits per heavy atom. The number of nitrogens with zero attached hydrogens (tertiary/aromatic N) is 1. The third-order valence-electron chi connectivity index (χ3n) is 2.36. The lowest BCUT2D eigenvalue weighted by Crippen LogP contribution is -2.22. The molecule has 0 radical (unpaired) electrons. The van der Waals surface area contributed by atoms with Crippen molar-refractivity contribution < 1.29 is 4.39 Å². The summed E-state index contributed by atoms with van der Waals surface area (Å²) in [6, 6.07) is 7.94. The Balaban J connectivity index is 2.45. The molecule has 1 heterocycles. The van der Waals surface area contributed by atoms with Crippen molar-refractivity contribution in [3.8, 4) is 0 Å². The predicted octanol–water partition coefficient (Wildman–Crippen LogP) is 3.29. The van der Waals surface area contributed by atoms with Gasteiger partial charge in [0.2, 0.25) is 0 Å². The zero-order valence-electron chi connectivity index (χ0n) is 8.66. The first-order valence-electron chi connectivity index (χ1n) is 4.87. The fourth-order valence-corrected chi connectivity index (χ4v) is 2.23. The van der Waals surface area contributed by atoms with Crippen molar-refractivity contribution in [3.63, 3.8) is 0 Å². The van der Waals surface area contributed by atoms with Crippen molar-refractivity contribution in [3.05, 3.63) is 66.9 Å². The molecule has 2 nitrogen and oxygen atoms in total. The Kier molecular flexibility index (Phi) is 3.83. The summed E-state index contributed by atoms with van der Waals surface area (Å²) in [7, 11) is 0. The molecular weight excluding hydrogens is 355 g/mol. The second kappa shape index (κ2) is 5.18. The highest BCUT2D eigenvalue weighted by molar-refractivity contribution is 14.1. The van der Waals surface area contributed by atoms with Crippen molar-refractivity contribution in [2.75, 3.05) is 0 Å². The maximum Gasteiger partial charge on any atom is 0.264 e. The minimum atomic E-state index is -0.400. The molecule has 0 aliphatic rings. The van der Waals surface area contributed by atoms with Gasteiger partial charge in [0.1, 0.15) is 5.82 Å². The van der Waals surface area contributed by atoms with E-state index in [0.717, 1.165) is 0 Å². The summed E-state index contributed by atoms with van der Waals surface area (Å²) < 4.78 is 15.6. The van der Waals surface area contributed by atoms with Gasteiger partial charge in [0.15, 0.2) is 0 Å². The minimum Gasteiger partial charge on any atom is -0.310 e. The van der Waals surface area contributed by atoms with Crippen molar-refractivity contribution in [2.24, 2.45) is 0 Å². The molecule has 0 bridgehead atoms. The molecule has 0 aliphatic carbocycles. The van der Waals surface area contributed by atoms with Gasteiger partial charge in [0.25, 0.3) is 5.56 Å². The summed E-state index contributed by atoms with van der Waals surface area (Å²) in [5, 5.41) is 0.329. The fraction of sp³-hybridized carbons (Fsp3) is 0.0833. The van der Waals surface area contributed by atoms with E-state index in [1.165, 1.54) is 10.6 Å². The highest BCUT2D eigenvalue weighted by atomic mass is 127. The first-order valence-corrected chi connectivity index (χ1v) is 6.33. The van der Waals surface area contributed by atoms with E-state index in [-0.39, 0.29) is 12.1 Å². The third kappa shape index (κ3) is 2.69. The number of rotatable bonds is 2. The first-order chi connectivity index (χ1) is 8.09. The van der Waals surface area contributed by atoms with E-state index in [1.54, 1.807) is 30.5 Å². The molecule has 0 spiro atoms. The van der Waals surface area contributed by atoms with Crippen LogP contribution in [0.15, 0.2) is 41.3 Å². The molecule has 1 aromatic carbocycles. The molecule has 0 fully saturated rings. The van der Waals surface area contributed by atoms with Crippen molar-refractivity contribution in [1.29, 1.82) is 0 Å². The molecule has 88 valence electrons. The average molecular weight is 364 g/mol. The van der Waals surface area contributed by atoms with Gasteiger partial charge in [-0.1, -0.05) is 17.7 Å². The van der Waals surface area contributed by atoms with Crippen LogP contribution in [0.3, 0.4) is 0 Å². The normalized spacial score (nSPS) is 10.5. The van der Waals surface area contributed by atoms with Gasteiger partial charge in [-0.05, 0) is 46.9 Å². The largest absolute Gasteiger partial charge is 0.310 e. The van der Waals surface area contributed by atoms with Crippen LogP contribution < -0.4 is 5.56 Å². The second-order valence-corrected chi connectivity index (χ2v) is 5.06. The summed E-state index contributed by atoms with van der Waals surface area (Å²) >= 11 is 7.86. The molecule has 0 saturated heterocycles. The third-order valence-corrected chi connectivity index (χ3v) is 3.54. The Bertz CT molecular complexity index is 591. The summed E-state index contributed by atoms with van der Waals surface area (Å²) in [6.07, 6.45) is 1.62. The predicted molar refractivity (Wildman–Crippen MR) is 73.9 cm³/mol. The number of hydrogen-bond donors (Lipinski definition) is 0. The SMILES string of the molecule is O=c1c(I)cccn1Cc1c(F)cccc1Cl. The van der Waals surface area contributed by atoms with E-state index >= 15 is 0 Å². The van der Waals surface area contributed by atoms with Gasteiger partial charge in [-0.3, -0.25) is 4.79 Å². The van der Waals surface area contributed by atoms with E-state index < -0.39 is 5.82 Å². The monoisotopic (exact) mass is 363 g/mol. The van der Waals surface area contributed by atoms with Crippen LogP contribution in [0.4, 0.5) is 4.39 Å². The summed E-state index contributed by atoms with van der Waals surface area (Å²) in [5.41, 5.74) is 0.186. The average Bonchev–Trinajstić information content (AvgIpc) is 2.29. The number of benzene rings is 1. The van der Waals surface area contributed by atoms with Crippen molar-refractivity contribution in [1.82, 2.24) is 4.57 Å². The Hall–Kier alpha value is -0.880. The van der Waals surface area contributed by atoms with Crippen LogP contribution in [-0.2, 0) is 6.54 Å². The number of aromatic nitrogens is 1. The lowest BCUT2D eigenvalue weighted by Gasteiger charge is -2.08. The molecule has 0 aliphatic heterocycles. The maximum absolute atomic E-state index is 13.6. The zero-order chi connectivity index (χ0) is 12.4. The Morgan fingerprint density at radius 3 is 2.76 bits per heavy atom. The molecule has 1 aromatic heterocycles. The van der Waals surface area contributed by atoms with Gasteiger partial charge in [-0.15, -0.1) is 0 Å². The van der Waals surface area contributed by atoms with Crippen molar-refractivity contribution in [2.45, 2.75) is 6.54 Å². The van der Waals surface area contributed by atoms with Crippen LogP contribution in [0, 0.1) is 9.39 Å². The maximum atomic E-state index is 13.6. The van der Waals surface area contributed by atoms with Gasteiger partial charge in [-0.2, -0.15) is 0 Å². The molecule has 0 N–H and O–H groups in total. The second-order valence-electron chi connectivity index (χ2n) is 3.49. The van der Waals surface area contributed by atoms with E-state index in [0.29, 0.717) is 14.2 Å². The summed E-state index contributed by atoms with van der Waals surface area (Å²) in [6.45, 7) is 0.140. The highest BCUT2D eigenvalue weighted by Crippen LogP contribution is 2.19. The van der Waals surface area contributed by atoms with E-state index in [1.807, 2.05) is 22.6 Å². The lowest BCUT2D eigenvalue weighted by atomic mass is 10.2. The van der Waals surface area contributed by atoms with E-state index in [4.69, 9.17) is 11.6 Å². The molecule has 0 saturated carbocycles. The van der Waals surface area contributed by atoms with Gasteiger partial charge in [0, 0.05) is 16.8 Å². The molecule has 2 aromatic rings. The summed E-state index contributed by atoms with van der Waals surface area (Å²) in [4.78, 5) is 11.8. The molecule has 2 rings (SSSR count). The molecular formula is C12H8ClFINO. The van der Waals surface area contributed by atoms with Crippen LogP contribution in [0.2, 0.25) is 5.02 Å². The lowest BCUT2D eigenvalue weighted by molar-refractivity contribution is 0.596. The molecule has 0 atom stereocenters. The standard InChI is InChI=1S/C12H8ClFINO/c13-9-3-1-4-10(14)8(9)7-16-6-2-5-11(15)12(16)17/h1-6H,7H2. The smallest absolute Gasteiger partial charge is 0.264 e. The molecule has 0 unspecified atom stereocenters. The van der Waals surface area contributed by atoms with Gasteiger partial charge in [-0.25, -0.2) is 4.39 Å². The van der Waals surface area contributed by atoms with E-state index in [9.17, 15) is 9.18 Å². The van der Waals surface area contributed by atoms with Crippen LogP contribution in [0.1, 0.15) is 5.56 Å². The van der Waals surface area contributed by atoms with Crippen LogP contribution in [0.5, 0.6) is 0 Å². The van der Waals surface area contributed by atoms with Crippen LogP contribution in [0.25, 0.3) is 0 Å². The van der Waals surface area contributed by atoms with Crippen LogP contribution >= 0.6 is 34.2 Å². The first kappa shape index (κ1) is 12.6. The van der Waals surface area contributed by atoms with Gasteiger partial charge in [0.05, 0.1) is 10.1 Å². The van der Waals surface area contributed by atoms with Gasteiger partial charge < -0.3 is 4.57 Å². The minimum absolute atomic E-state index is 0.140. The fourth-order valence-electron chi connectivity index (χ4n) is 1.49. The summed E-state index contributed by atoms with van der Waals surface area (Å²) in [5.74, 6) is -0.400. The number of halogens is 3. The van der Waals surface area contributed by atoms with Gasteiger partial charge >= 0.3 is 0 Å². The topological polar surface area (TPSA) is 22.0 Å². The molecule has 0 amide bonds. The molecule has 17 heavy (non-hydrogen) atoms. The Labute approximate surface area is 116 Å². The molecule has 5 heteroatoms. The van der Waals surface area contributed by atoms with Crippen LogP contribution in [-0.4, -0.2) is 4.57 Å². The number of hydrogen-bond acceptors (Lipinski definition) is 1. The van der Waals surface area contributed by atoms with Crippen molar-refractivity contribution >= 4 is 34.2 Å². The Morgan fingerprint density at radius 2 is 2.06 bits per heavy atom. The zero-order valence-corrected chi connectivity index (χ0v) is 11.6. The van der Waals surface area contributed by atoms with E-state index in [2.05, 4.69) is 0 Å². The quantitative estimate of drug-likeness (QED) is 0.751. The highest BCUT2D eigenvalue weighted by Gasteiger charge is 2.09. The number of pyridine rings is 1.